The Balaban J connectivity index is 0.000000143. The van der Waals surface area contributed by atoms with E-state index in [1.807, 2.05) is 88.3 Å². The number of nitrogens with one attached hydrogen (secondary N) is 4. The van der Waals surface area contributed by atoms with Crippen molar-refractivity contribution in [2.75, 3.05) is 46.6 Å². The van der Waals surface area contributed by atoms with Gasteiger partial charge in [0.05, 0.1) is 35.2 Å². The molecule has 6 atom stereocenters. The Morgan fingerprint density at radius 2 is 1.14 bits per heavy atom. The highest BCUT2D eigenvalue weighted by Crippen LogP contribution is 2.47. The topological polar surface area (TPSA) is 295 Å². The van der Waals surface area contributed by atoms with Gasteiger partial charge in [-0.1, -0.05) is 30.3 Å². The predicted molar refractivity (Wildman–Crippen MR) is 287 cm³/mol. The quantitative estimate of drug-likeness (QED) is 0.0630. The van der Waals surface area contributed by atoms with Crippen LogP contribution in [0.1, 0.15) is 84.2 Å². The van der Waals surface area contributed by atoms with E-state index in [1.165, 1.54) is 38.5 Å². The average Bonchev–Trinajstić information content (AvgIpc) is 4.15. The molecule has 8 aromatic rings. The van der Waals surface area contributed by atoms with Crippen molar-refractivity contribution >= 4 is 96.9 Å². The van der Waals surface area contributed by atoms with E-state index in [4.69, 9.17) is 26.0 Å². The molecule has 10 heterocycles. The van der Waals surface area contributed by atoms with Crippen LogP contribution in [0.5, 0.6) is 0 Å². The van der Waals surface area contributed by atoms with Gasteiger partial charge in [0.2, 0.25) is 11.9 Å². The molecule has 8 aromatic heterocycles. The van der Waals surface area contributed by atoms with Crippen molar-refractivity contribution in [3.63, 3.8) is 0 Å². The Kier molecular flexibility index (Phi) is 13.1. The van der Waals surface area contributed by atoms with E-state index in [0.29, 0.717) is 65.3 Å². The summed E-state index contributed by atoms with van der Waals surface area (Å²) in [6.07, 6.45) is 20.7. The Morgan fingerprint density at radius 3 is 1.55 bits per heavy atom. The van der Waals surface area contributed by atoms with E-state index < -0.39 is 5.60 Å². The monoisotopic (exact) mass is 1050 g/mol. The summed E-state index contributed by atoms with van der Waals surface area (Å²) in [4.78, 5) is 44.3. The highest BCUT2D eigenvalue weighted by Gasteiger charge is 2.57. The molecule has 24 nitrogen and oxygen atoms in total. The van der Waals surface area contributed by atoms with Gasteiger partial charge in [0.1, 0.15) is 16.9 Å². The van der Waals surface area contributed by atoms with Crippen LogP contribution in [0.2, 0.25) is 0 Å². The number of piperidine rings is 2. The van der Waals surface area contributed by atoms with Crippen LogP contribution in [0.15, 0.2) is 88.7 Å². The van der Waals surface area contributed by atoms with Gasteiger partial charge in [0.15, 0.2) is 23.3 Å². The van der Waals surface area contributed by atoms with Crippen molar-refractivity contribution in [1.29, 1.82) is 5.53 Å². The summed E-state index contributed by atoms with van der Waals surface area (Å²) in [7, 11) is 0. The Labute approximate surface area is 441 Å². The van der Waals surface area contributed by atoms with Crippen molar-refractivity contribution in [2.45, 2.75) is 102 Å². The smallest absolute Gasteiger partial charge is 0.407 e. The molecule has 6 fully saturated rings. The van der Waals surface area contributed by atoms with E-state index in [2.05, 4.69) is 108 Å². The minimum Gasteiger partial charge on any atom is -0.444 e. The number of ether oxygens (including phenoxy) is 1. The third-order valence-corrected chi connectivity index (χ3v) is 15.8. The third kappa shape index (κ3) is 9.81. The number of rotatable bonds is 10. The molecule has 4 aliphatic carbocycles. The van der Waals surface area contributed by atoms with E-state index in [0.717, 1.165) is 94.5 Å². The predicted octanol–water partition coefficient (Wildman–Crippen LogP) is 9.15. The number of carbonyl (C=O) groups excluding carboxylic acids is 1. The fourth-order valence-corrected chi connectivity index (χ4v) is 12.0. The van der Waals surface area contributed by atoms with Gasteiger partial charge in [-0.3, -0.25) is 9.97 Å². The number of amides is 1. The number of anilines is 6. The SMILES string of the molecule is CC(C)(C)OC(=O)NC1[C@H]2CN(c3ccc(Nc4ncc5c6ccncc6n(C6CCCC6)c5n4)nn3)C[C@@H]12.N=NN=NCl.NC1[C@H]2CN(c3ccc(Nc4ncc5c6ccncc6n(C6CCCC6)c5n4)nn3)C[C@@H]12. The molecule has 76 heavy (non-hydrogen) atoms. The lowest BCUT2D eigenvalue weighted by atomic mass is 10.2. The van der Waals surface area contributed by atoms with Gasteiger partial charge in [-0.2, -0.15) is 15.5 Å². The molecule has 0 radical (unpaired) electrons. The Bertz CT molecular complexity index is 3420. The maximum absolute atomic E-state index is 12.1. The number of hydrogen-bond donors (Lipinski definition) is 5. The number of nitrogens with two attached hydrogens (primary N) is 1. The fraction of sp³-hybridized carbons (Fsp3) is 0.471. The molecule has 14 rings (SSSR count). The molecular weight excluding hydrogens is 988 g/mol. The summed E-state index contributed by atoms with van der Waals surface area (Å²) in [6, 6.07) is 13.4. The molecule has 2 saturated heterocycles. The molecule has 0 bridgehead atoms. The van der Waals surface area contributed by atoms with Crippen molar-refractivity contribution in [1.82, 2.24) is 64.7 Å². The van der Waals surface area contributed by atoms with Gasteiger partial charge < -0.3 is 45.4 Å². The van der Waals surface area contributed by atoms with Crippen LogP contribution in [0.4, 0.5) is 40.0 Å². The minimum absolute atomic E-state index is 0.174. The normalized spacial score (nSPS) is 22.9. The minimum atomic E-state index is -0.492. The summed E-state index contributed by atoms with van der Waals surface area (Å²) >= 11 is 4.55. The standard InChI is InChI=1S/C28H33N9O2.C23H25N9.ClHN4/c1-28(2,3)39-27(38)32-24-19-14-36(15-20(19)24)23-9-8-22(34-35-23)31-26-30-12-18-17-10-11-29-13-21(17)37(25(18)33-26)16-6-4-5-7-16;24-21-16-11-31(12-17(16)21)20-6-5-19(29-30-20)27-23-26-9-15-14-7-8-25-10-18(14)32(22(15)28-23)13-3-1-2-4-13;1-3-5-4-2/h8-13,16,19-20,24H,4-7,14-15H2,1-3H3,(H,32,38)(H,30,31,33,34);5-10,13,16-17,21H,1-4,11-12,24H2,(H,26,27,28,29);2H/t19-,20+,24?;16-,17+,21?;. The average molecular weight is 1050 g/mol. The zero-order valence-electron chi connectivity index (χ0n) is 42.4. The van der Waals surface area contributed by atoms with Crippen molar-refractivity contribution in [3.8, 4) is 0 Å². The van der Waals surface area contributed by atoms with Crippen LogP contribution in [0.3, 0.4) is 0 Å². The van der Waals surface area contributed by atoms with Gasteiger partial charge in [0.25, 0.3) is 0 Å². The molecule has 392 valence electrons. The summed E-state index contributed by atoms with van der Waals surface area (Å²) in [5, 5.41) is 36.6. The number of aromatic nitrogens is 12. The second kappa shape index (κ2) is 20.3. The number of carbonyl (C=O) groups is 1. The second-order valence-corrected chi connectivity index (χ2v) is 21.7. The van der Waals surface area contributed by atoms with Crippen LogP contribution in [-0.2, 0) is 4.74 Å². The number of hydrogen-bond acceptors (Lipinski definition) is 19. The zero-order valence-corrected chi connectivity index (χ0v) is 43.2. The lowest BCUT2D eigenvalue weighted by Gasteiger charge is -2.22. The maximum atomic E-state index is 12.1. The first-order valence-electron chi connectivity index (χ1n) is 26.1. The van der Waals surface area contributed by atoms with Crippen LogP contribution in [-0.4, -0.2) is 109 Å². The molecule has 4 saturated carbocycles. The fourth-order valence-electron chi connectivity index (χ4n) is 12.0. The van der Waals surface area contributed by atoms with Crippen molar-refractivity contribution < 1.29 is 9.53 Å². The number of halogens is 1. The van der Waals surface area contributed by atoms with Crippen molar-refractivity contribution in [2.24, 2.45) is 44.5 Å². The highest BCUT2D eigenvalue weighted by atomic mass is 35.5. The molecule has 2 unspecified atom stereocenters. The number of alkyl carbamates (subject to hydrolysis) is 1. The molecule has 0 aromatic carbocycles. The van der Waals surface area contributed by atoms with E-state index in [9.17, 15) is 4.79 Å². The Morgan fingerprint density at radius 1 is 0.671 bits per heavy atom. The van der Waals surface area contributed by atoms with Crippen LogP contribution in [0.25, 0.3) is 43.9 Å². The van der Waals surface area contributed by atoms with E-state index in [1.54, 1.807) is 0 Å². The number of pyridine rings is 2. The molecule has 6 N–H and O–H groups in total. The molecular formula is C51H59ClN22O2. The van der Waals surface area contributed by atoms with Gasteiger partial charge in [0, 0.05) is 109 Å². The van der Waals surface area contributed by atoms with Crippen LogP contribution in [0, 0.1) is 29.2 Å². The first-order valence-corrected chi connectivity index (χ1v) is 26.4. The summed E-state index contributed by atoms with van der Waals surface area (Å²) in [5.74, 6) is 6.07. The highest BCUT2D eigenvalue weighted by molar-refractivity contribution is 6.13. The molecule has 1 amide bonds. The second-order valence-electron chi connectivity index (χ2n) is 21.5. The molecule has 0 spiro atoms. The lowest BCUT2D eigenvalue weighted by Crippen LogP contribution is -2.38. The van der Waals surface area contributed by atoms with Gasteiger partial charge >= 0.3 is 6.09 Å². The number of fused-ring (bicyclic) bond motifs is 8. The van der Waals surface area contributed by atoms with E-state index in [-0.39, 0.29) is 12.1 Å². The zero-order chi connectivity index (χ0) is 52.1. The maximum Gasteiger partial charge on any atom is 0.407 e. The first-order chi connectivity index (χ1) is 37.0. The van der Waals surface area contributed by atoms with Crippen molar-refractivity contribution in [3.05, 3.63) is 73.6 Å². The number of nitrogens with zero attached hydrogens (tertiary/aromatic N) is 17. The third-order valence-electron chi connectivity index (χ3n) is 15.7. The van der Waals surface area contributed by atoms with Gasteiger partial charge in [-0.05, 0) is 105 Å². The molecule has 6 aliphatic rings. The summed E-state index contributed by atoms with van der Waals surface area (Å²) in [6.45, 7) is 9.26. The largest absolute Gasteiger partial charge is 0.444 e. The molecule has 25 heteroatoms. The van der Waals surface area contributed by atoms with E-state index >= 15 is 0 Å². The van der Waals surface area contributed by atoms with Gasteiger partial charge in [-0.25, -0.2) is 14.8 Å². The first kappa shape index (κ1) is 49.0. The Hall–Kier alpha value is -7.86. The summed E-state index contributed by atoms with van der Waals surface area (Å²) in [5.41, 5.74) is 15.6. The molecule has 2 aliphatic heterocycles. The van der Waals surface area contributed by atoms with Gasteiger partial charge in [-0.15, -0.1) is 20.4 Å². The van der Waals surface area contributed by atoms with Crippen LogP contribution >= 0.6 is 11.8 Å². The summed E-state index contributed by atoms with van der Waals surface area (Å²) < 4.78 is 12.7. The lowest BCUT2D eigenvalue weighted by molar-refractivity contribution is 0.0518. The van der Waals surface area contributed by atoms with Crippen LogP contribution < -0.4 is 31.5 Å².